The van der Waals surface area contributed by atoms with Crippen LogP contribution in [0.25, 0.3) is 0 Å². The highest BCUT2D eigenvalue weighted by molar-refractivity contribution is 5.90. The van der Waals surface area contributed by atoms with Crippen molar-refractivity contribution >= 4 is 5.91 Å². The summed E-state index contributed by atoms with van der Waals surface area (Å²) in [5.41, 5.74) is 5.09. The SMILES string of the molecule is C=C(C)C(N)=O.OCCOCCOCCO. The highest BCUT2D eigenvalue weighted by Crippen LogP contribution is 1.78. The van der Waals surface area contributed by atoms with Gasteiger partial charge in [-0.2, -0.15) is 0 Å². The fourth-order valence-corrected chi connectivity index (χ4v) is 0.451. The third-order valence-corrected chi connectivity index (χ3v) is 1.26. The fraction of sp³-hybridized carbons (Fsp3) is 0.700. The molecule has 0 radical (unpaired) electrons. The van der Waals surface area contributed by atoms with Crippen LogP contribution in [-0.4, -0.2) is 55.8 Å². The van der Waals surface area contributed by atoms with E-state index in [4.69, 9.17) is 25.4 Å². The molecule has 1 amide bonds. The van der Waals surface area contributed by atoms with Gasteiger partial charge in [-0.15, -0.1) is 0 Å². The third-order valence-electron chi connectivity index (χ3n) is 1.26. The van der Waals surface area contributed by atoms with Gasteiger partial charge in [0.2, 0.25) is 5.91 Å². The summed E-state index contributed by atoms with van der Waals surface area (Å²) < 4.78 is 9.75. The largest absolute Gasteiger partial charge is 0.394 e. The first kappa shape index (κ1) is 17.4. The normalized spacial score (nSPS) is 9.19. The van der Waals surface area contributed by atoms with Gasteiger partial charge in [0.25, 0.3) is 0 Å². The lowest BCUT2D eigenvalue weighted by molar-refractivity contribution is -0.114. The third kappa shape index (κ3) is 18.8. The molecule has 0 aliphatic carbocycles. The minimum atomic E-state index is -0.435. The van der Waals surface area contributed by atoms with Gasteiger partial charge in [-0.1, -0.05) is 6.58 Å². The van der Waals surface area contributed by atoms with Gasteiger partial charge in [0.1, 0.15) is 0 Å². The number of aliphatic hydroxyl groups excluding tert-OH is 2. The van der Waals surface area contributed by atoms with Crippen LogP contribution < -0.4 is 5.73 Å². The number of carbonyl (C=O) groups is 1. The number of hydrogen-bond acceptors (Lipinski definition) is 5. The number of rotatable bonds is 8. The molecule has 0 aromatic rings. The van der Waals surface area contributed by atoms with Gasteiger partial charge in [0.15, 0.2) is 0 Å². The van der Waals surface area contributed by atoms with Crippen LogP contribution in [0.4, 0.5) is 0 Å². The van der Waals surface area contributed by atoms with E-state index in [1.54, 1.807) is 6.92 Å². The van der Waals surface area contributed by atoms with Crippen LogP contribution in [0.1, 0.15) is 6.92 Å². The molecule has 0 aliphatic rings. The maximum atomic E-state index is 9.82. The fourth-order valence-electron chi connectivity index (χ4n) is 0.451. The van der Waals surface area contributed by atoms with Crippen molar-refractivity contribution in [2.24, 2.45) is 5.73 Å². The number of amides is 1. The average Bonchev–Trinajstić information content (AvgIpc) is 2.24. The quantitative estimate of drug-likeness (QED) is 0.372. The molecule has 16 heavy (non-hydrogen) atoms. The van der Waals surface area contributed by atoms with Crippen LogP contribution >= 0.6 is 0 Å². The summed E-state index contributed by atoms with van der Waals surface area (Å²) >= 11 is 0. The molecule has 0 unspecified atom stereocenters. The minimum absolute atomic E-state index is 0.0417. The molecule has 0 spiro atoms. The second-order valence-electron chi connectivity index (χ2n) is 2.82. The highest BCUT2D eigenvalue weighted by Gasteiger charge is 1.87. The van der Waals surface area contributed by atoms with E-state index in [9.17, 15) is 4.79 Å². The van der Waals surface area contributed by atoms with E-state index in [1.807, 2.05) is 0 Å². The second kappa shape index (κ2) is 14.1. The van der Waals surface area contributed by atoms with Crippen molar-refractivity contribution in [2.75, 3.05) is 39.6 Å². The van der Waals surface area contributed by atoms with Crippen molar-refractivity contribution in [2.45, 2.75) is 6.92 Å². The smallest absolute Gasteiger partial charge is 0.243 e. The summed E-state index contributed by atoms with van der Waals surface area (Å²) in [6, 6.07) is 0. The molecule has 0 saturated carbocycles. The Bertz CT molecular complexity index is 164. The van der Waals surface area contributed by atoms with Crippen molar-refractivity contribution in [1.82, 2.24) is 0 Å². The van der Waals surface area contributed by atoms with E-state index >= 15 is 0 Å². The van der Waals surface area contributed by atoms with E-state index in [-0.39, 0.29) is 13.2 Å². The molecule has 0 bridgehead atoms. The average molecular weight is 235 g/mol. The first-order chi connectivity index (χ1) is 7.56. The topological polar surface area (TPSA) is 102 Å². The van der Waals surface area contributed by atoms with Gasteiger partial charge < -0.3 is 25.4 Å². The van der Waals surface area contributed by atoms with Crippen LogP contribution in [0.2, 0.25) is 0 Å². The Morgan fingerprint density at radius 2 is 1.44 bits per heavy atom. The summed E-state index contributed by atoms with van der Waals surface area (Å²) in [5, 5.41) is 16.5. The van der Waals surface area contributed by atoms with Gasteiger partial charge in [-0.25, -0.2) is 0 Å². The number of ether oxygens (including phenoxy) is 2. The van der Waals surface area contributed by atoms with Gasteiger partial charge in [0, 0.05) is 5.57 Å². The molecule has 6 nitrogen and oxygen atoms in total. The summed E-state index contributed by atoms with van der Waals surface area (Å²) in [6.07, 6.45) is 0. The molecule has 0 aliphatic heterocycles. The Morgan fingerprint density at radius 3 is 1.62 bits per heavy atom. The Kier molecular flexibility index (Phi) is 15.3. The summed E-state index contributed by atoms with van der Waals surface area (Å²) in [4.78, 5) is 9.82. The van der Waals surface area contributed by atoms with Crippen LogP contribution in [0.5, 0.6) is 0 Å². The Hall–Kier alpha value is -0.950. The maximum absolute atomic E-state index is 9.82. The first-order valence-electron chi connectivity index (χ1n) is 4.88. The Morgan fingerprint density at radius 1 is 1.12 bits per heavy atom. The van der Waals surface area contributed by atoms with Crippen LogP contribution in [0.3, 0.4) is 0 Å². The van der Waals surface area contributed by atoms with Gasteiger partial charge in [-0.05, 0) is 6.92 Å². The molecule has 4 N–H and O–H groups in total. The molecule has 0 fully saturated rings. The predicted octanol–water partition coefficient (Wildman–Crippen LogP) is -0.948. The minimum Gasteiger partial charge on any atom is -0.394 e. The molecule has 6 heteroatoms. The van der Waals surface area contributed by atoms with Crippen LogP contribution in [0.15, 0.2) is 12.2 Å². The first-order valence-corrected chi connectivity index (χ1v) is 4.88. The van der Waals surface area contributed by atoms with E-state index < -0.39 is 5.91 Å². The van der Waals surface area contributed by atoms with Crippen molar-refractivity contribution in [3.63, 3.8) is 0 Å². The van der Waals surface area contributed by atoms with Crippen LogP contribution in [0, 0.1) is 0 Å². The Labute approximate surface area is 95.7 Å². The molecule has 0 heterocycles. The molecule has 0 saturated heterocycles. The van der Waals surface area contributed by atoms with Gasteiger partial charge in [0.05, 0.1) is 39.6 Å². The molecule has 0 rings (SSSR count). The molecule has 0 aromatic heterocycles. The standard InChI is InChI=1S/C6H14O4.C4H7NO/c7-1-3-9-5-6-10-4-2-8;1-3(2)4(5)6/h7-8H,1-6H2;1H2,2H3,(H2,5,6). The number of hydrogen-bond donors (Lipinski definition) is 3. The number of nitrogens with two attached hydrogens (primary N) is 1. The molecule has 0 aromatic carbocycles. The highest BCUT2D eigenvalue weighted by atomic mass is 16.5. The maximum Gasteiger partial charge on any atom is 0.243 e. The number of aliphatic hydroxyl groups is 2. The summed E-state index contributed by atoms with van der Waals surface area (Å²) in [6.45, 7) is 6.58. The van der Waals surface area contributed by atoms with E-state index in [0.717, 1.165) is 0 Å². The lowest BCUT2D eigenvalue weighted by Gasteiger charge is -2.01. The van der Waals surface area contributed by atoms with Crippen molar-refractivity contribution in [3.05, 3.63) is 12.2 Å². The Balaban J connectivity index is 0. The molecule has 0 atom stereocenters. The lowest BCUT2D eigenvalue weighted by atomic mass is 10.3. The zero-order valence-corrected chi connectivity index (χ0v) is 9.65. The molecular formula is C10H21NO5. The monoisotopic (exact) mass is 235 g/mol. The zero-order chi connectivity index (χ0) is 12.8. The number of carbonyl (C=O) groups excluding carboxylic acids is 1. The predicted molar refractivity (Wildman–Crippen MR) is 59.8 cm³/mol. The van der Waals surface area contributed by atoms with E-state index in [2.05, 4.69) is 6.58 Å². The molecule has 96 valence electrons. The second-order valence-corrected chi connectivity index (χ2v) is 2.82. The van der Waals surface area contributed by atoms with Gasteiger partial charge in [-0.3, -0.25) is 4.79 Å². The van der Waals surface area contributed by atoms with Gasteiger partial charge >= 0.3 is 0 Å². The molecular weight excluding hydrogens is 214 g/mol. The van der Waals surface area contributed by atoms with Crippen LogP contribution in [-0.2, 0) is 14.3 Å². The number of primary amides is 1. The lowest BCUT2D eigenvalue weighted by Crippen LogP contribution is -2.10. The van der Waals surface area contributed by atoms with E-state index in [1.165, 1.54) is 0 Å². The summed E-state index contributed by atoms with van der Waals surface area (Å²) in [5.74, 6) is -0.435. The van der Waals surface area contributed by atoms with Crippen molar-refractivity contribution in [1.29, 1.82) is 0 Å². The van der Waals surface area contributed by atoms with Crippen molar-refractivity contribution in [3.8, 4) is 0 Å². The van der Waals surface area contributed by atoms with E-state index in [0.29, 0.717) is 32.0 Å². The zero-order valence-electron chi connectivity index (χ0n) is 9.65. The summed E-state index contributed by atoms with van der Waals surface area (Å²) in [7, 11) is 0. The van der Waals surface area contributed by atoms with Crippen molar-refractivity contribution < 1.29 is 24.5 Å².